The van der Waals surface area contributed by atoms with Gasteiger partial charge in [0.25, 0.3) is 0 Å². The van der Waals surface area contributed by atoms with Crippen LogP contribution in [0.3, 0.4) is 0 Å². The topological polar surface area (TPSA) is 48.6 Å². The number of pyridine rings is 1. The van der Waals surface area contributed by atoms with Crippen LogP contribution in [0.25, 0.3) is 0 Å². The van der Waals surface area contributed by atoms with Gasteiger partial charge < -0.3 is 15.5 Å². The van der Waals surface area contributed by atoms with Gasteiger partial charge in [0.1, 0.15) is 5.82 Å². The molecular formula is C18H31N5. The van der Waals surface area contributed by atoms with Crippen LogP contribution in [0.1, 0.15) is 25.5 Å². The van der Waals surface area contributed by atoms with Crippen molar-refractivity contribution >= 4 is 5.82 Å². The molecule has 3 heterocycles. The molecule has 0 bridgehead atoms. The van der Waals surface area contributed by atoms with E-state index in [1.165, 1.54) is 58.7 Å². The Kier molecular flexibility index (Phi) is 5.86. The van der Waals surface area contributed by atoms with Gasteiger partial charge in [-0.15, -0.1) is 0 Å². The third-order valence-corrected chi connectivity index (χ3v) is 5.44. The summed E-state index contributed by atoms with van der Waals surface area (Å²) in [5, 5.41) is 0. The summed E-state index contributed by atoms with van der Waals surface area (Å²) in [5.74, 6) is 0.630. The first-order valence-corrected chi connectivity index (χ1v) is 9.15. The Hall–Kier alpha value is -1.17. The maximum absolute atomic E-state index is 5.75. The Morgan fingerprint density at radius 2 is 1.78 bits per heavy atom. The molecule has 0 saturated carbocycles. The Bertz CT molecular complexity index is 476. The summed E-state index contributed by atoms with van der Waals surface area (Å²) in [6.45, 7) is 12.0. The molecule has 0 aromatic carbocycles. The van der Waals surface area contributed by atoms with Crippen molar-refractivity contribution in [2.24, 2.45) is 0 Å². The molecule has 2 N–H and O–H groups in total. The standard InChI is InChI=1S/C18H31N5/c1-2-21-10-7-17(8-11-21)23-14-12-22(13-15-23)9-6-16-4-3-5-18(19)20-16/h3-5,17H,2,6-15H2,1H3,(H2,19,20). The number of anilines is 1. The first kappa shape index (κ1) is 16.7. The molecule has 1 aromatic heterocycles. The highest BCUT2D eigenvalue weighted by atomic mass is 15.3. The van der Waals surface area contributed by atoms with E-state index < -0.39 is 0 Å². The van der Waals surface area contributed by atoms with Crippen molar-refractivity contribution in [3.63, 3.8) is 0 Å². The molecule has 2 fully saturated rings. The number of aromatic nitrogens is 1. The molecule has 23 heavy (non-hydrogen) atoms. The summed E-state index contributed by atoms with van der Waals surface area (Å²) >= 11 is 0. The smallest absolute Gasteiger partial charge is 0.123 e. The van der Waals surface area contributed by atoms with E-state index in [0.29, 0.717) is 5.82 Å². The van der Waals surface area contributed by atoms with Crippen LogP contribution >= 0.6 is 0 Å². The molecular weight excluding hydrogens is 286 g/mol. The van der Waals surface area contributed by atoms with Crippen LogP contribution in [0, 0.1) is 0 Å². The van der Waals surface area contributed by atoms with Crippen LogP contribution in [0.15, 0.2) is 18.2 Å². The number of likely N-dealkylation sites (tertiary alicyclic amines) is 1. The van der Waals surface area contributed by atoms with Crippen molar-refractivity contribution in [3.05, 3.63) is 23.9 Å². The molecule has 5 nitrogen and oxygen atoms in total. The molecule has 2 saturated heterocycles. The minimum atomic E-state index is 0.630. The second kappa shape index (κ2) is 8.08. The second-order valence-corrected chi connectivity index (χ2v) is 6.85. The minimum absolute atomic E-state index is 0.630. The maximum atomic E-state index is 5.75. The Morgan fingerprint density at radius 1 is 1.04 bits per heavy atom. The highest BCUT2D eigenvalue weighted by molar-refractivity contribution is 5.28. The van der Waals surface area contributed by atoms with Gasteiger partial charge in [0, 0.05) is 50.9 Å². The molecule has 2 aliphatic rings. The highest BCUT2D eigenvalue weighted by Gasteiger charge is 2.26. The lowest BCUT2D eigenvalue weighted by Gasteiger charge is -2.42. The average Bonchev–Trinajstić information content (AvgIpc) is 2.61. The number of nitrogens with two attached hydrogens (primary N) is 1. The third kappa shape index (κ3) is 4.66. The molecule has 1 aromatic rings. The minimum Gasteiger partial charge on any atom is -0.384 e. The molecule has 3 rings (SSSR count). The first-order chi connectivity index (χ1) is 11.2. The molecule has 0 atom stereocenters. The van der Waals surface area contributed by atoms with Crippen molar-refractivity contribution in [2.75, 3.05) is 58.1 Å². The fourth-order valence-corrected chi connectivity index (χ4v) is 3.86. The normalized spacial score (nSPS) is 22.5. The number of hydrogen-bond donors (Lipinski definition) is 1. The van der Waals surface area contributed by atoms with E-state index in [2.05, 4.69) is 32.7 Å². The Morgan fingerprint density at radius 3 is 2.43 bits per heavy atom. The number of nitrogens with zero attached hydrogens (tertiary/aromatic N) is 4. The van der Waals surface area contributed by atoms with Crippen molar-refractivity contribution in [1.29, 1.82) is 0 Å². The summed E-state index contributed by atoms with van der Waals surface area (Å²) in [6.07, 6.45) is 3.70. The Labute approximate surface area is 140 Å². The van der Waals surface area contributed by atoms with Crippen LogP contribution in [-0.4, -0.2) is 78.1 Å². The number of piperazine rings is 1. The van der Waals surface area contributed by atoms with E-state index in [9.17, 15) is 0 Å². The zero-order chi connectivity index (χ0) is 16.1. The zero-order valence-electron chi connectivity index (χ0n) is 14.5. The molecule has 0 spiro atoms. The monoisotopic (exact) mass is 317 g/mol. The van der Waals surface area contributed by atoms with E-state index in [0.717, 1.165) is 24.7 Å². The number of hydrogen-bond acceptors (Lipinski definition) is 5. The number of piperidine rings is 1. The summed E-state index contributed by atoms with van der Waals surface area (Å²) in [7, 11) is 0. The summed E-state index contributed by atoms with van der Waals surface area (Å²) in [4.78, 5) is 12.3. The fraction of sp³-hybridized carbons (Fsp3) is 0.722. The second-order valence-electron chi connectivity index (χ2n) is 6.85. The summed E-state index contributed by atoms with van der Waals surface area (Å²) in [6, 6.07) is 6.74. The van der Waals surface area contributed by atoms with Crippen molar-refractivity contribution in [1.82, 2.24) is 19.7 Å². The lowest BCUT2D eigenvalue weighted by Crippen LogP contribution is -2.53. The zero-order valence-corrected chi connectivity index (χ0v) is 14.5. The van der Waals surface area contributed by atoms with E-state index in [4.69, 9.17) is 5.73 Å². The van der Waals surface area contributed by atoms with Gasteiger partial charge in [0.15, 0.2) is 0 Å². The predicted molar refractivity (Wildman–Crippen MR) is 95.5 cm³/mol. The molecule has 0 radical (unpaired) electrons. The van der Waals surface area contributed by atoms with Crippen LogP contribution < -0.4 is 5.73 Å². The van der Waals surface area contributed by atoms with Crippen LogP contribution in [0.5, 0.6) is 0 Å². The van der Waals surface area contributed by atoms with Gasteiger partial charge in [-0.05, 0) is 44.6 Å². The van der Waals surface area contributed by atoms with Crippen molar-refractivity contribution < 1.29 is 0 Å². The first-order valence-electron chi connectivity index (χ1n) is 9.15. The van der Waals surface area contributed by atoms with Gasteiger partial charge in [-0.25, -0.2) is 4.98 Å². The predicted octanol–water partition coefficient (Wildman–Crippen LogP) is 1.31. The number of rotatable bonds is 5. The highest BCUT2D eigenvalue weighted by Crippen LogP contribution is 2.18. The maximum Gasteiger partial charge on any atom is 0.123 e. The molecule has 2 aliphatic heterocycles. The molecule has 0 amide bonds. The van der Waals surface area contributed by atoms with E-state index in [1.54, 1.807) is 0 Å². The SMILES string of the molecule is CCN1CCC(N2CCN(CCc3cccc(N)n3)CC2)CC1. The van der Waals surface area contributed by atoms with E-state index in [1.807, 2.05) is 12.1 Å². The number of nitrogen functional groups attached to an aromatic ring is 1. The third-order valence-electron chi connectivity index (χ3n) is 5.44. The summed E-state index contributed by atoms with van der Waals surface area (Å²) < 4.78 is 0. The molecule has 0 unspecified atom stereocenters. The van der Waals surface area contributed by atoms with Gasteiger partial charge in [-0.1, -0.05) is 13.0 Å². The van der Waals surface area contributed by atoms with Crippen LogP contribution in [0.4, 0.5) is 5.82 Å². The van der Waals surface area contributed by atoms with Gasteiger partial charge in [-0.2, -0.15) is 0 Å². The quantitative estimate of drug-likeness (QED) is 0.887. The fourth-order valence-electron chi connectivity index (χ4n) is 3.86. The molecule has 128 valence electrons. The molecule has 5 heteroatoms. The lowest BCUT2D eigenvalue weighted by molar-refractivity contribution is 0.0608. The largest absolute Gasteiger partial charge is 0.384 e. The average molecular weight is 317 g/mol. The van der Waals surface area contributed by atoms with Crippen molar-refractivity contribution in [3.8, 4) is 0 Å². The van der Waals surface area contributed by atoms with Gasteiger partial charge in [0.2, 0.25) is 0 Å². The molecule has 0 aliphatic carbocycles. The van der Waals surface area contributed by atoms with Crippen LogP contribution in [-0.2, 0) is 6.42 Å². The van der Waals surface area contributed by atoms with Gasteiger partial charge in [-0.3, -0.25) is 4.90 Å². The van der Waals surface area contributed by atoms with E-state index in [-0.39, 0.29) is 0 Å². The van der Waals surface area contributed by atoms with Crippen molar-refractivity contribution in [2.45, 2.75) is 32.2 Å². The van der Waals surface area contributed by atoms with Gasteiger partial charge in [0.05, 0.1) is 0 Å². The van der Waals surface area contributed by atoms with E-state index >= 15 is 0 Å². The summed E-state index contributed by atoms with van der Waals surface area (Å²) in [5.41, 5.74) is 6.86. The Balaban J connectivity index is 1.39. The lowest BCUT2D eigenvalue weighted by atomic mass is 10.0. The van der Waals surface area contributed by atoms with Gasteiger partial charge >= 0.3 is 0 Å². The van der Waals surface area contributed by atoms with Crippen LogP contribution in [0.2, 0.25) is 0 Å².